The second-order valence-electron chi connectivity index (χ2n) is 7.33. The highest BCUT2D eigenvalue weighted by molar-refractivity contribution is 7.99. The second-order valence-corrected chi connectivity index (χ2v) is 8.51. The van der Waals surface area contributed by atoms with Crippen LogP contribution in [0.4, 0.5) is 0 Å². The van der Waals surface area contributed by atoms with Crippen molar-refractivity contribution in [1.82, 2.24) is 0 Å². The Morgan fingerprint density at radius 1 is 0.960 bits per heavy atom. The van der Waals surface area contributed by atoms with E-state index in [0.717, 1.165) is 17.0 Å². The lowest BCUT2D eigenvalue weighted by molar-refractivity contribution is -1.00. The van der Waals surface area contributed by atoms with E-state index in [2.05, 4.69) is 43.4 Å². The number of piperazine rings is 1. The number of benzene rings is 2. The number of thioether (sulfide) groups is 1. The summed E-state index contributed by atoms with van der Waals surface area (Å²) in [5, 5.41) is 0.225. The first-order chi connectivity index (χ1) is 12.2. The van der Waals surface area contributed by atoms with Crippen molar-refractivity contribution in [1.29, 1.82) is 0 Å². The van der Waals surface area contributed by atoms with Crippen molar-refractivity contribution in [3.8, 4) is 0 Å². The molecule has 1 fully saturated rings. The van der Waals surface area contributed by atoms with E-state index in [1.165, 1.54) is 31.7 Å². The van der Waals surface area contributed by atoms with Gasteiger partial charge in [-0.3, -0.25) is 4.79 Å². The van der Waals surface area contributed by atoms with E-state index in [0.29, 0.717) is 5.78 Å². The molecule has 2 heterocycles. The van der Waals surface area contributed by atoms with Crippen LogP contribution in [-0.4, -0.2) is 45.6 Å². The lowest BCUT2D eigenvalue weighted by Gasteiger charge is -2.35. The Hall–Kier alpha value is -1.62. The molecule has 2 aliphatic heterocycles. The van der Waals surface area contributed by atoms with Gasteiger partial charge in [-0.15, -0.1) is 11.8 Å². The fourth-order valence-electron chi connectivity index (χ4n) is 4.02. The Bertz CT molecular complexity index is 741. The molecule has 2 aromatic carbocycles. The van der Waals surface area contributed by atoms with Gasteiger partial charge in [0.1, 0.15) is 26.2 Å². The normalized spacial score (nSPS) is 29.2. The van der Waals surface area contributed by atoms with E-state index in [1.807, 2.05) is 30.0 Å². The van der Waals surface area contributed by atoms with Gasteiger partial charge in [0, 0.05) is 15.7 Å². The fourth-order valence-corrected chi connectivity index (χ4v) is 5.42. The molecule has 0 bridgehead atoms. The maximum Gasteiger partial charge on any atom is 0.174 e. The van der Waals surface area contributed by atoms with Crippen LogP contribution in [0.25, 0.3) is 0 Å². The van der Waals surface area contributed by atoms with Gasteiger partial charge in [0.2, 0.25) is 0 Å². The van der Waals surface area contributed by atoms with Crippen molar-refractivity contribution >= 4 is 17.5 Å². The fraction of sp³-hybridized carbons (Fsp3) is 0.381. The minimum absolute atomic E-state index is 0.0655. The molecular weight excluding hydrogens is 328 g/mol. The molecule has 4 rings (SSSR count). The molecule has 2 aromatic rings. The Kier molecular flexibility index (Phi) is 4.93. The molecule has 0 saturated carbocycles. The number of ketones is 1. The first-order valence-electron chi connectivity index (χ1n) is 9.22. The molecule has 2 N–H and O–H groups in total. The van der Waals surface area contributed by atoms with Gasteiger partial charge in [-0.2, -0.15) is 0 Å². The standard InChI is InChI=1S/C21H24N2OS/c1-22-11-13-23(14-12-22)15-18-20(24)17-9-5-6-10-19(17)25-21(18)16-7-3-2-4-8-16/h2-10,18,21H,11-15H2,1H3/p+2/t18-,21+/m0/s1. The largest absolute Gasteiger partial charge is 0.328 e. The number of quaternary nitrogens is 2. The molecule has 0 amide bonds. The first kappa shape index (κ1) is 16.8. The number of hydrogen-bond donors (Lipinski definition) is 2. The Labute approximate surface area is 154 Å². The third-order valence-electron chi connectivity index (χ3n) is 5.56. The maximum atomic E-state index is 13.3. The van der Waals surface area contributed by atoms with Gasteiger partial charge in [0.05, 0.1) is 19.5 Å². The van der Waals surface area contributed by atoms with E-state index in [-0.39, 0.29) is 11.2 Å². The van der Waals surface area contributed by atoms with E-state index in [4.69, 9.17) is 0 Å². The van der Waals surface area contributed by atoms with Crippen molar-refractivity contribution in [2.45, 2.75) is 10.1 Å². The van der Waals surface area contributed by atoms with Gasteiger partial charge in [0.15, 0.2) is 5.78 Å². The SMILES string of the molecule is C[NH+]1CC[NH+](C[C@H]2C(=O)c3ccccc3S[C@@H]2c2ccccc2)CC1. The van der Waals surface area contributed by atoms with Crippen LogP contribution in [0.5, 0.6) is 0 Å². The number of hydrogen-bond acceptors (Lipinski definition) is 2. The molecule has 0 aromatic heterocycles. The lowest BCUT2D eigenvalue weighted by Crippen LogP contribution is -3.27. The first-order valence-corrected chi connectivity index (χ1v) is 10.1. The zero-order chi connectivity index (χ0) is 17.2. The van der Waals surface area contributed by atoms with Gasteiger partial charge in [-0.1, -0.05) is 48.5 Å². The number of fused-ring (bicyclic) bond motifs is 1. The summed E-state index contributed by atoms with van der Waals surface area (Å²) in [6.45, 7) is 5.70. The molecule has 3 nitrogen and oxygen atoms in total. The summed E-state index contributed by atoms with van der Waals surface area (Å²) >= 11 is 1.87. The summed E-state index contributed by atoms with van der Waals surface area (Å²) in [7, 11) is 2.27. The summed E-state index contributed by atoms with van der Waals surface area (Å²) in [6.07, 6.45) is 0. The van der Waals surface area contributed by atoms with E-state index >= 15 is 0 Å². The molecule has 25 heavy (non-hydrogen) atoms. The van der Waals surface area contributed by atoms with Gasteiger partial charge >= 0.3 is 0 Å². The minimum atomic E-state index is 0.0655. The highest BCUT2D eigenvalue weighted by Gasteiger charge is 2.40. The minimum Gasteiger partial charge on any atom is -0.328 e. The number of carbonyl (C=O) groups is 1. The molecule has 4 heteroatoms. The number of carbonyl (C=O) groups excluding carboxylic acids is 1. The second kappa shape index (κ2) is 7.32. The summed E-state index contributed by atoms with van der Waals surface area (Å²) in [5.74, 6) is 0.401. The van der Waals surface area contributed by atoms with E-state index in [9.17, 15) is 4.79 Å². The average molecular weight is 355 g/mol. The molecule has 0 spiro atoms. The van der Waals surface area contributed by atoms with Crippen molar-refractivity contribution in [3.05, 3.63) is 65.7 Å². The van der Waals surface area contributed by atoms with Gasteiger partial charge in [0.25, 0.3) is 0 Å². The summed E-state index contributed by atoms with van der Waals surface area (Å²) < 4.78 is 0. The van der Waals surface area contributed by atoms with Crippen LogP contribution >= 0.6 is 11.8 Å². The molecule has 2 atom stereocenters. The average Bonchev–Trinajstić information content (AvgIpc) is 2.66. The van der Waals surface area contributed by atoms with Crippen LogP contribution in [-0.2, 0) is 0 Å². The van der Waals surface area contributed by atoms with Gasteiger partial charge in [-0.05, 0) is 11.6 Å². The third-order valence-corrected chi connectivity index (χ3v) is 7.02. The quantitative estimate of drug-likeness (QED) is 0.851. The predicted molar refractivity (Wildman–Crippen MR) is 101 cm³/mol. The zero-order valence-electron chi connectivity index (χ0n) is 14.7. The number of likely N-dealkylation sites (N-methyl/N-ethyl adjacent to an activating group) is 1. The number of rotatable bonds is 3. The molecular formula is C21H26N2OS+2. The molecule has 130 valence electrons. The topological polar surface area (TPSA) is 26.0 Å². The monoisotopic (exact) mass is 354 g/mol. The van der Waals surface area contributed by atoms with Crippen LogP contribution < -0.4 is 9.80 Å². The van der Waals surface area contributed by atoms with E-state index < -0.39 is 0 Å². The number of nitrogens with one attached hydrogen (secondary N) is 2. The van der Waals surface area contributed by atoms with E-state index in [1.54, 1.807) is 9.80 Å². The predicted octanol–water partition coefficient (Wildman–Crippen LogP) is 0.746. The third kappa shape index (κ3) is 3.52. The maximum absolute atomic E-state index is 13.3. The Balaban J connectivity index is 1.64. The molecule has 0 radical (unpaired) electrons. The zero-order valence-corrected chi connectivity index (χ0v) is 15.5. The van der Waals surface area contributed by atoms with Crippen LogP contribution in [0.1, 0.15) is 21.2 Å². The summed E-state index contributed by atoms with van der Waals surface area (Å²) in [6, 6.07) is 18.7. The Morgan fingerprint density at radius 3 is 2.40 bits per heavy atom. The molecule has 0 unspecified atom stereocenters. The molecule has 0 aliphatic carbocycles. The lowest BCUT2D eigenvalue weighted by atomic mass is 9.89. The Morgan fingerprint density at radius 2 is 1.64 bits per heavy atom. The van der Waals surface area contributed by atoms with Crippen molar-refractivity contribution in [2.24, 2.45) is 5.92 Å². The van der Waals surface area contributed by atoms with Crippen LogP contribution in [0.2, 0.25) is 0 Å². The van der Waals surface area contributed by atoms with Crippen molar-refractivity contribution in [2.75, 3.05) is 39.8 Å². The van der Waals surface area contributed by atoms with Crippen LogP contribution in [0, 0.1) is 5.92 Å². The molecule has 2 aliphatic rings. The van der Waals surface area contributed by atoms with Crippen molar-refractivity contribution in [3.63, 3.8) is 0 Å². The highest BCUT2D eigenvalue weighted by atomic mass is 32.2. The molecule has 1 saturated heterocycles. The summed E-state index contributed by atoms with van der Waals surface area (Å²) in [4.78, 5) is 17.6. The smallest absolute Gasteiger partial charge is 0.174 e. The van der Waals surface area contributed by atoms with Gasteiger partial charge in [-0.25, -0.2) is 0 Å². The van der Waals surface area contributed by atoms with Crippen molar-refractivity contribution < 1.29 is 14.6 Å². The van der Waals surface area contributed by atoms with Gasteiger partial charge < -0.3 is 9.80 Å². The number of Topliss-reactive ketones (excluding diaryl/α,β-unsaturated/α-hetero) is 1. The highest BCUT2D eigenvalue weighted by Crippen LogP contribution is 2.47. The summed E-state index contributed by atoms with van der Waals surface area (Å²) in [5.41, 5.74) is 2.20. The van der Waals surface area contributed by atoms with Crippen LogP contribution in [0.15, 0.2) is 59.5 Å². The van der Waals surface area contributed by atoms with Crippen LogP contribution in [0.3, 0.4) is 0 Å².